The van der Waals surface area contributed by atoms with Crippen LogP contribution < -0.4 is 0 Å². The van der Waals surface area contributed by atoms with Crippen LogP contribution in [0.5, 0.6) is 0 Å². The van der Waals surface area contributed by atoms with Crippen molar-refractivity contribution >= 4 is 11.9 Å². The van der Waals surface area contributed by atoms with Gasteiger partial charge in [-0.3, -0.25) is 9.59 Å². The van der Waals surface area contributed by atoms with Crippen LogP contribution in [0.3, 0.4) is 0 Å². The van der Waals surface area contributed by atoms with Crippen molar-refractivity contribution in [2.45, 2.75) is 256 Å². The van der Waals surface area contributed by atoms with Crippen LogP contribution in [-0.4, -0.2) is 89.0 Å². The fourth-order valence-electron chi connectivity index (χ4n) is 7.52. The van der Waals surface area contributed by atoms with Gasteiger partial charge in [-0.1, -0.05) is 179 Å². The largest absolute Gasteiger partial charge is 0.462 e. The Morgan fingerprint density at radius 3 is 1.43 bits per heavy atom. The van der Waals surface area contributed by atoms with E-state index in [-0.39, 0.29) is 32.0 Å². The Kier molecular flexibility index (Phi) is 39.1. The summed E-state index contributed by atoms with van der Waals surface area (Å²) in [6, 6.07) is 0. The first-order valence-electron chi connectivity index (χ1n) is 25.1. The molecule has 1 aliphatic heterocycles. The number of carbonyl (C=O) groups is 2. The van der Waals surface area contributed by atoms with Gasteiger partial charge in [-0.25, -0.2) is 0 Å². The molecule has 0 aromatic rings. The molecule has 1 rings (SSSR count). The summed E-state index contributed by atoms with van der Waals surface area (Å²) in [6.45, 7) is 3.40. The molecule has 10 nitrogen and oxygen atoms in total. The predicted molar refractivity (Wildman–Crippen MR) is 247 cm³/mol. The summed E-state index contributed by atoms with van der Waals surface area (Å²) in [4.78, 5) is 25.4. The standard InChI is InChI=1S/C51H92O10/c1-3-5-7-9-11-13-15-17-19-21-22-24-25-27-29-31-33-35-37-39-46(53)58-42-44(43-59-51-50(57)49(56)48(55)45(41-52)61-51)60-47(54)40-38-36-34-32-30-28-26-23-20-18-16-14-12-10-8-6-4-2/h17,19,26,28,32,34,44-45,48-52,55-57H,3-16,18,20-25,27,29-31,33,35-43H2,1-2H3/b19-17+,28-26+,34-32+/t44-,45-,48+,49?,50?,51-/m0/s1. The second kappa shape index (κ2) is 41.9. The molecule has 10 heteroatoms. The van der Waals surface area contributed by atoms with E-state index in [1.54, 1.807) is 0 Å². The minimum Gasteiger partial charge on any atom is -0.462 e. The molecule has 1 heterocycles. The highest BCUT2D eigenvalue weighted by Crippen LogP contribution is 2.23. The van der Waals surface area contributed by atoms with E-state index in [1.165, 1.54) is 141 Å². The predicted octanol–water partition coefficient (Wildman–Crippen LogP) is 11.4. The van der Waals surface area contributed by atoms with Gasteiger partial charge >= 0.3 is 11.9 Å². The van der Waals surface area contributed by atoms with Gasteiger partial charge in [0.2, 0.25) is 0 Å². The van der Waals surface area contributed by atoms with Crippen molar-refractivity contribution in [3.05, 3.63) is 36.5 Å². The molecule has 4 N–H and O–H groups in total. The third-order valence-corrected chi connectivity index (χ3v) is 11.5. The summed E-state index contributed by atoms with van der Waals surface area (Å²) in [6.07, 6.45) is 41.6. The molecule has 0 aromatic heterocycles. The maximum Gasteiger partial charge on any atom is 0.306 e. The zero-order chi connectivity index (χ0) is 44.4. The Hall–Kier alpha value is -2.08. The fourth-order valence-corrected chi connectivity index (χ4v) is 7.52. The lowest BCUT2D eigenvalue weighted by molar-refractivity contribution is -0.305. The Balaban J connectivity index is 2.30. The average Bonchev–Trinajstić information content (AvgIpc) is 3.26. The molecule has 0 bridgehead atoms. The number of unbranched alkanes of at least 4 members (excludes halogenated alkanes) is 25. The van der Waals surface area contributed by atoms with E-state index < -0.39 is 49.4 Å². The van der Waals surface area contributed by atoms with Crippen molar-refractivity contribution in [2.75, 3.05) is 19.8 Å². The van der Waals surface area contributed by atoms with Gasteiger partial charge in [0, 0.05) is 12.8 Å². The zero-order valence-electron chi connectivity index (χ0n) is 38.9. The number of aliphatic hydroxyl groups excluding tert-OH is 4. The number of hydrogen-bond acceptors (Lipinski definition) is 10. The summed E-state index contributed by atoms with van der Waals surface area (Å²) >= 11 is 0. The van der Waals surface area contributed by atoms with Gasteiger partial charge in [0.15, 0.2) is 12.4 Å². The number of hydrogen-bond donors (Lipinski definition) is 4. The van der Waals surface area contributed by atoms with Crippen LogP contribution in [0.4, 0.5) is 0 Å². The SMILES string of the molecule is CCCCCCCC/C=C/CCCCCCCCCCCC(=O)OC[C@@H](CO[C@H]1O[C@@H](CO)[C@@H](O)C(O)C1O)OC(=O)CCC/C=C/C/C=C/CCCCCCCCCCC. The lowest BCUT2D eigenvalue weighted by atomic mass is 9.99. The molecule has 0 aromatic carbocycles. The maximum absolute atomic E-state index is 12.8. The first kappa shape index (κ1) is 56.9. The highest BCUT2D eigenvalue weighted by Gasteiger charge is 2.44. The fraction of sp³-hybridized carbons (Fsp3) is 0.843. The van der Waals surface area contributed by atoms with Crippen molar-refractivity contribution in [3.63, 3.8) is 0 Å². The molecule has 0 saturated carbocycles. The lowest BCUT2D eigenvalue weighted by Crippen LogP contribution is -2.59. The molecule has 2 unspecified atom stereocenters. The van der Waals surface area contributed by atoms with Crippen molar-refractivity contribution < 1.29 is 49.0 Å². The molecule has 356 valence electrons. The van der Waals surface area contributed by atoms with Gasteiger partial charge in [0.1, 0.15) is 31.0 Å². The molecule has 0 spiro atoms. The molecule has 0 amide bonds. The van der Waals surface area contributed by atoms with Gasteiger partial charge in [0.05, 0.1) is 13.2 Å². The second-order valence-corrected chi connectivity index (χ2v) is 17.3. The second-order valence-electron chi connectivity index (χ2n) is 17.3. The van der Waals surface area contributed by atoms with E-state index in [0.717, 1.165) is 44.9 Å². The molecule has 6 atom stereocenters. The Bertz CT molecular complexity index is 1090. The third-order valence-electron chi connectivity index (χ3n) is 11.5. The van der Waals surface area contributed by atoms with Crippen LogP contribution in [0.1, 0.15) is 219 Å². The quantitative estimate of drug-likeness (QED) is 0.0265. The van der Waals surface area contributed by atoms with Crippen LogP contribution in [0.25, 0.3) is 0 Å². The van der Waals surface area contributed by atoms with Crippen LogP contribution in [-0.2, 0) is 28.5 Å². The van der Waals surface area contributed by atoms with Gasteiger partial charge in [0.25, 0.3) is 0 Å². The number of rotatable bonds is 42. The van der Waals surface area contributed by atoms with E-state index >= 15 is 0 Å². The highest BCUT2D eigenvalue weighted by atomic mass is 16.7. The van der Waals surface area contributed by atoms with Gasteiger partial charge in [-0.15, -0.1) is 0 Å². The Morgan fingerprint density at radius 1 is 0.508 bits per heavy atom. The van der Waals surface area contributed by atoms with Crippen molar-refractivity contribution in [1.82, 2.24) is 0 Å². The Morgan fingerprint density at radius 2 is 0.934 bits per heavy atom. The minimum absolute atomic E-state index is 0.167. The first-order valence-corrected chi connectivity index (χ1v) is 25.1. The number of carbonyl (C=O) groups excluding carboxylic acids is 2. The molecule has 1 fully saturated rings. The third kappa shape index (κ3) is 33.1. The zero-order valence-corrected chi connectivity index (χ0v) is 38.9. The van der Waals surface area contributed by atoms with Crippen molar-refractivity contribution in [2.24, 2.45) is 0 Å². The number of esters is 2. The van der Waals surface area contributed by atoms with Crippen molar-refractivity contribution in [1.29, 1.82) is 0 Å². The molecule has 1 aliphatic rings. The smallest absolute Gasteiger partial charge is 0.306 e. The molecular formula is C51H92O10. The summed E-state index contributed by atoms with van der Waals surface area (Å²) in [5.41, 5.74) is 0. The van der Waals surface area contributed by atoms with E-state index in [1.807, 2.05) is 0 Å². The summed E-state index contributed by atoms with van der Waals surface area (Å²) in [5, 5.41) is 40.1. The van der Waals surface area contributed by atoms with Crippen LogP contribution in [0.15, 0.2) is 36.5 Å². The minimum atomic E-state index is -1.60. The summed E-state index contributed by atoms with van der Waals surface area (Å²) in [7, 11) is 0. The van der Waals surface area contributed by atoms with Crippen LogP contribution in [0, 0.1) is 0 Å². The lowest BCUT2D eigenvalue weighted by Gasteiger charge is -2.39. The molecule has 61 heavy (non-hydrogen) atoms. The molecular weight excluding hydrogens is 773 g/mol. The van der Waals surface area contributed by atoms with E-state index in [9.17, 15) is 30.0 Å². The van der Waals surface area contributed by atoms with Crippen molar-refractivity contribution in [3.8, 4) is 0 Å². The van der Waals surface area contributed by atoms with E-state index in [2.05, 4.69) is 50.3 Å². The Labute approximate surface area is 372 Å². The number of aliphatic hydroxyl groups is 4. The first-order chi connectivity index (χ1) is 29.8. The summed E-state index contributed by atoms with van der Waals surface area (Å²) < 4.78 is 22.2. The maximum atomic E-state index is 12.8. The number of allylic oxidation sites excluding steroid dienone is 6. The summed E-state index contributed by atoms with van der Waals surface area (Å²) in [5.74, 6) is -0.856. The van der Waals surface area contributed by atoms with E-state index in [4.69, 9.17) is 18.9 Å². The highest BCUT2D eigenvalue weighted by molar-refractivity contribution is 5.70. The van der Waals surface area contributed by atoms with Crippen LogP contribution in [0.2, 0.25) is 0 Å². The van der Waals surface area contributed by atoms with E-state index in [0.29, 0.717) is 6.42 Å². The normalized spacial score (nSPS) is 20.0. The van der Waals surface area contributed by atoms with Gasteiger partial charge in [-0.05, 0) is 64.2 Å². The van der Waals surface area contributed by atoms with Crippen LogP contribution >= 0.6 is 0 Å². The van der Waals surface area contributed by atoms with Gasteiger partial charge in [-0.2, -0.15) is 0 Å². The number of ether oxygens (including phenoxy) is 4. The molecule has 1 saturated heterocycles. The molecule has 0 aliphatic carbocycles. The topological polar surface area (TPSA) is 152 Å². The molecule has 0 radical (unpaired) electrons. The van der Waals surface area contributed by atoms with Gasteiger partial charge < -0.3 is 39.4 Å². The average molecular weight is 865 g/mol. The monoisotopic (exact) mass is 865 g/mol.